The fourth-order valence-electron chi connectivity index (χ4n) is 9.61. The number of ketones is 1. The predicted molar refractivity (Wildman–Crippen MR) is 150 cm³/mol. The normalized spacial score (nSPS) is 38.3. The number of aryl methyl sites for hydroxylation is 1. The third-order valence-corrected chi connectivity index (χ3v) is 11.9. The summed E-state index contributed by atoms with van der Waals surface area (Å²) < 4.78 is 6.07. The van der Waals surface area contributed by atoms with Crippen LogP contribution in [0, 0.1) is 34.5 Å². The minimum Gasteiger partial charge on any atom is -0.457 e. The lowest BCUT2D eigenvalue weighted by atomic mass is 9.46. The standard InChI is InChI=1S/C32H43ClN2O3/c1-19(36)25-10-11-26-24-9-8-21-17-22(12-14-31(21,2)27(24)13-15-32(25,26)3)38-30(37)29(35-33)16-20-18-34-28-7-5-4-6-23(20)28/h4,6,17-18,22,24-27,29,34-35H,5,7-16H2,1-3H3/t22-,24?,25+,26?,27?,29-,31-,32+/m0/s1. The van der Waals surface area contributed by atoms with Crippen molar-refractivity contribution >= 4 is 29.6 Å². The van der Waals surface area contributed by atoms with Crippen molar-refractivity contribution in [1.82, 2.24) is 9.82 Å². The molecule has 0 radical (unpaired) electrons. The molecule has 1 aromatic rings. The van der Waals surface area contributed by atoms with Crippen molar-refractivity contribution in [1.29, 1.82) is 0 Å². The minimum atomic E-state index is -0.582. The highest BCUT2D eigenvalue weighted by Gasteiger charge is 2.59. The summed E-state index contributed by atoms with van der Waals surface area (Å²) in [6, 6.07) is -0.582. The number of carbonyl (C=O) groups is 2. The van der Waals surface area contributed by atoms with Gasteiger partial charge in [-0.25, -0.2) is 4.84 Å². The van der Waals surface area contributed by atoms with E-state index in [1.165, 1.54) is 42.5 Å². The molecule has 5 aliphatic rings. The Labute approximate surface area is 232 Å². The topological polar surface area (TPSA) is 71.2 Å². The maximum atomic E-state index is 13.2. The van der Waals surface area contributed by atoms with Crippen molar-refractivity contribution in [2.75, 3.05) is 0 Å². The number of esters is 1. The van der Waals surface area contributed by atoms with Crippen LogP contribution < -0.4 is 4.84 Å². The molecule has 0 aromatic carbocycles. The molecule has 5 nitrogen and oxygen atoms in total. The molecule has 0 bridgehead atoms. The Kier molecular flexibility index (Phi) is 6.91. The number of aromatic nitrogens is 1. The van der Waals surface area contributed by atoms with E-state index in [1.54, 1.807) is 0 Å². The summed E-state index contributed by atoms with van der Waals surface area (Å²) in [4.78, 5) is 31.7. The Morgan fingerprint density at radius 2 is 1.97 bits per heavy atom. The molecule has 8 atom stereocenters. The van der Waals surface area contributed by atoms with E-state index in [1.807, 2.05) is 13.1 Å². The first-order valence-electron chi connectivity index (χ1n) is 14.9. The van der Waals surface area contributed by atoms with Crippen molar-refractivity contribution in [2.24, 2.45) is 34.5 Å². The van der Waals surface area contributed by atoms with E-state index < -0.39 is 6.04 Å². The quantitative estimate of drug-likeness (QED) is 0.240. The molecule has 0 spiro atoms. The van der Waals surface area contributed by atoms with Crippen LogP contribution in [0.3, 0.4) is 0 Å². The Balaban J connectivity index is 1.14. The number of halogens is 1. The molecular formula is C32H43ClN2O3. The maximum absolute atomic E-state index is 13.2. The molecule has 206 valence electrons. The van der Waals surface area contributed by atoms with Crippen molar-refractivity contribution in [3.63, 3.8) is 0 Å². The van der Waals surface area contributed by atoms with E-state index in [0.29, 0.717) is 30.0 Å². The van der Waals surface area contributed by atoms with Gasteiger partial charge in [0.1, 0.15) is 17.9 Å². The molecule has 0 saturated heterocycles. The molecule has 5 aliphatic carbocycles. The summed E-state index contributed by atoms with van der Waals surface area (Å²) in [6.07, 6.45) is 19.9. The van der Waals surface area contributed by atoms with Gasteiger partial charge in [-0.15, -0.1) is 0 Å². The number of H-pyrrole nitrogens is 1. The van der Waals surface area contributed by atoms with Gasteiger partial charge in [-0.3, -0.25) is 9.59 Å². The Morgan fingerprint density at radius 3 is 2.76 bits per heavy atom. The van der Waals surface area contributed by atoms with E-state index in [4.69, 9.17) is 16.5 Å². The first-order valence-corrected chi connectivity index (χ1v) is 15.3. The number of Topliss-reactive ketones (excluding diaryl/α,β-unsaturated/α-hetero) is 1. The first-order chi connectivity index (χ1) is 18.2. The highest BCUT2D eigenvalue weighted by Crippen LogP contribution is 2.66. The van der Waals surface area contributed by atoms with Crippen molar-refractivity contribution in [2.45, 2.75) is 104 Å². The van der Waals surface area contributed by atoms with Gasteiger partial charge in [-0.05, 0) is 129 Å². The number of ether oxygens (including phenoxy) is 1. The molecule has 3 unspecified atom stereocenters. The molecule has 3 saturated carbocycles. The van der Waals surface area contributed by atoms with Gasteiger partial charge in [0.2, 0.25) is 0 Å². The molecule has 38 heavy (non-hydrogen) atoms. The van der Waals surface area contributed by atoms with E-state index in [9.17, 15) is 9.59 Å². The number of fused-ring (bicyclic) bond motifs is 6. The molecule has 1 heterocycles. The SMILES string of the molecule is CC(=O)[C@H]1CCC2C3CCC4=C[C@@H](OC(=O)[C@H](Cc5c[nH]c6c5C=CCC6)NCl)CC[C@]4(C)C3CC[C@@]21C. The van der Waals surface area contributed by atoms with Gasteiger partial charge in [0.05, 0.1) is 0 Å². The summed E-state index contributed by atoms with van der Waals surface area (Å²) in [5, 5.41) is 0. The first kappa shape index (κ1) is 26.4. The summed E-state index contributed by atoms with van der Waals surface area (Å²) in [7, 11) is 0. The van der Waals surface area contributed by atoms with Gasteiger partial charge in [0.15, 0.2) is 0 Å². The van der Waals surface area contributed by atoms with Gasteiger partial charge in [-0.1, -0.05) is 31.6 Å². The Bertz CT molecular complexity index is 1170. The van der Waals surface area contributed by atoms with E-state index >= 15 is 0 Å². The lowest BCUT2D eigenvalue weighted by molar-refractivity contribution is -0.150. The van der Waals surface area contributed by atoms with Gasteiger partial charge >= 0.3 is 5.97 Å². The average Bonchev–Trinajstić information content (AvgIpc) is 3.48. The fraction of sp³-hybridized carbons (Fsp3) is 0.688. The van der Waals surface area contributed by atoms with E-state index in [2.05, 4.69) is 41.9 Å². The molecule has 1 aromatic heterocycles. The maximum Gasteiger partial charge on any atom is 0.325 e. The predicted octanol–water partition coefficient (Wildman–Crippen LogP) is 6.71. The van der Waals surface area contributed by atoms with Crippen LogP contribution in [0.4, 0.5) is 0 Å². The second-order valence-corrected chi connectivity index (χ2v) is 13.6. The highest BCUT2D eigenvalue weighted by molar-refractivity contribution is 6.14. The second kappa shape index (κ2) is 9.96. The van der Waals surface area contributed by atoms with E-state index in [-0.39, 0.29) is 28.8 Å². The lowest BCUT2D eigenvalue weighted by Gasteiger charge is -2.58. The smallest absolute Gasteiger partial charge is 0.325 e. The number of allylic oxidation sites excluding steroid dienone is 2. The number of carbonyl (C=O) groups excluding carboxylic acids is 2. The van der Waals surface area contributed by atoms with Crippen LogP contribution in [-0.4, -0.2) is 28.9 Å². The van der Waals surface area contributed by atoms with Crippen molar-refractivity contribution in [3.8, 4) is 0 Å². The average molecular weight is 539 g/mol. The van der Waals surface area contributed by atoms with Crippen LogP contribution in [0.2, 0.25) is 0 Å². The second-order valence-electron chi connectivity index (χ2n) is 13.3. The van der Waals surface area contributed by atoms with Crippen LogP contribution in [0.5, 0.6) is 0 Å². The Morgan fingerprint density at radius 1 is 1.13 bits per heavy atom. The monoisotopic (exact) mass is 538 g/mol. The molecular weight excluding hydrogens is 496 g/mol. The van der Waals surface area contributed by atoms with E-state index in [0.717, 1.165) is 44.1 Å². The van der Waals surface area contributed by atoms with Gasteiger partial charge < -0.3 is 9.72 Å². The highest BCUT2D eigenvalue weighted by atomic mass is 35.5. The third-order valence-electron chi connectivity index (χ3n) is 11.6. The number of aromatic amines is 1. The van der Waals surface area contributed by atoms with Gasteiger partial charge in [0, 0.05) is 24.2 Å². The Hall–Kier alpha value is -1.85. The number of hydrogen-bond acceptors (Lipinski definition) is 4. The zero-order valence-electron chi connectivity index (χ0n) is 23.2. The number of rotatable bonds is 6. The molecule has 3 fully saturated rings. The van der Waals surface area contributed by atoms with Crippen molar-refractivity contribution < 1.29 is 14.3 Å². The summed E-state index contributed by atoms with van der Waals surface area (Å²) in [5.74, 6) is 2.44. The van der Waals surface area contributed by atoms with Gasteiger partial charge in [-0.2, -0.15) is 0 Å². The van der Waals surface area contributed by atoms with Crippen LogP contribution in [0.1, 0.15) is 95.4 Å². The third kappa shape index (κ3) is 4.23. The number of hydrogen-bond donors (Lipinski definition) is 2. The number of nitrogens with one attached hydrogen (secondary N) is 2. The van der Waals surface area contributed by atoms with Crippen LogP contribution in [0.15, 0.2) is 23.9 Å². The van der Waals surface area contributed by atoms with Crippen molar-refractivity contribution in [3.05, 3.63) is 40.7 Å². The molecule has 6 heteroatoms. The zero-order valence-corrected chi connectivity index (χ0v) is 23.9. The fourth-order valence-corrected chi connectivity index (χ4v) is 9.78. The summed E-state index contributed by atoms with van der Waals surface area (Å²) >= 11 is 6.06. The largest absolute Gasteiger partial charge is 0.457 e. The minimum absolute atomic E-state index is 0.183. The molecule has 2 N–H and O–H groups in total. The lowest BCUT2D eigenvalue weighted by Crippen LogP contribution is -2.51. The molecule has 0 aliphatic heterocycles. The summed E-state index contributed by atoms with van der Waals surface area (Å²) in [6.45, 7) is 6.70. The summed E-state index contributed by atoms with van der Waals surface area (Å²) in [5.41, 5.74) is 5.38. The molecule has 0 amide bonds. The van der Waals surface area contributed by atoms with Crippen LogP contribution >= 0.6 is 11.8 Å². The van der Waals surface area contributed by atoms with Crippen LogP contribution in [-0.2, 0) is 27.2 Å². The zero-order chi connectivity index (χ0) is 26.7. The molecule has 6 rings (SSSR count). The van der Waals surface area contributed by atoms with Gasteiger partial charge in [0.25, 0.3) is 0 Å². The van der Waals surface area contributed by atoms with Crippen LogP contribution in [0.25, 0.3) is 6.08 Å².